The summed E-state index contributed by atoms with van der Waals surface area (Å²) in [6.07, 6.45) is 3.46. The number of fused-ring (bicyclic) bond motifs is 1. The highest BCUT2D eigenvalue weighted by molar-refractivity contribution is 5.50. The number of rotatable bonds is 2. The van der Waals surface area contributed by atoms with Gasteiger partial charge in [-0.05, 0) is 37.3 Å². The van der Waals surface area contributed by atoms with Gasteiger partial charge in [-0.25, -0.2) is 0 Å². The van der Waals surface area contributed by atoms with Gasteiger partial charge in [-0.2, -0.15) is 0 Å². The lowest BCUT2D eigenvalue weighted by Crippen LogP contribution is -2.13. The number of methoxy groups -OCH3 is 2. The smallest absolute Gasteiger partial charge is 0.122 e. The van der Waals surface area contributed by atoms with Crippen LogP contribution >= 0.6 is 0 Å². The lowest BCUT2D eigenvalue weighted by atomic mass is 9.84. The highest BCUT2D eigenvalue weighted by Crippen LogP contribution is 2.37. The third-order valence-electron chi connectivity index (χ3n) is 3.22. The van der Waals surface area contributed by atoms with Crippen LogP contribution in [0.15, 0.2) is 12.1 Å². The lowest BCUT2D eigenvalue weighted by Gasteiger charge is -2.25. The molecule has 1 atom stereocenters. The molecule has 0 saturated heterocycles. The number of benzene rings is 1. The minimum absolute atomic E-state index is 0.749. The molecule has 0 bridgehead atoms. The fourth-order valence-corrected chi connectivity index (χ4v) is 2.37. The molecular formula is C15H24O2. The van der Waals surface area contributed by atoms with Crippen LogP contribution < -0.4 is 9.47 Å². The molecule has 2 rings (SSSR count). The van der Waals surface area contributed by atoms with Gasteiger partial charge in [-0.1, -0.05) is 20.8 Å². The van der Waals surface area contributed by atoms with Crippen LogP contribution in [0.5, 0.6) is 11.5 Å². The molecule has 0 radical (unpaired) electrons. The first-order valence-electron chi connectivity index (χ1n) is 6.49. The van der Waals surface area contributed by atoms with E-state index in [9.17, 15) is 0 Å². The van der Waals surface area contributed by atoms with E-state index >= 15 is 0 Å². The summed E-state index contributed by atoms with van der Waals surface area (Å²) in [6.45, 7) is 6.29. The molecule has 0 fully saturated rings. The zero-order chi connectivity index (χ0) is 12.8. The lowest BCUT2D eigenvalue weighted by molar-refractivity contribution is 0.378. The first kappa shape index (κ1) is 13.9. The average Bonchev–Trinajstić information content (AvgIpc) is 2.39. The van der Waals surface area contributed by atoms with Crippen molar-refractivity contribution >= 4 is 0 Å². The minimum atomic E-state index is 0.749. The summed E-state index contributed by atoms with van der Waals surface area (Å²) in [5, 5.41) is 0. The maximum absolute atomic E-state index is 5.40. The van der Waals surface area contributed by atoms with Gasteiger partial charge in [-0.3, -0.25) is 0 Å². The SMILES string of the molecule is CC.COc1ccc(OC)c2c1CCC(C)C2. The summed E-state index contributed by atoms with van der Waals surface area (Å²) in [5.74, 6) is 2.77. The van der Waals surface area contributed by atoms with E-state index in [0.29, 0.717) is 0 Å². The minimum Gasteiger partial charge on any atom is -0.496 e. The number of hydrogen-bond acceptors (Lipinski definition) is 2. The van der Waals surface area contributed by atoms with Gasteiger partial charge in [0.2, 0.25) is 0 Å². The Morgan fingerprint density at radius 3 is 2.06 bits per heavy atom. The third kappa shape index (κ3) is 2.93. The quantitative estimate of drug-likeness (QED) is 0.776. The number of hydrogen-bond donors (Lipinski definition) is 0. The van der Waals surface area contributed by atoms with E-state index in [1.807, 2.05) is 26.0 Å². The van der Waals surface area contributed by atoms with Crippen molar-refractivity contribution in [2.75, 3.05) is 14.2 Å². The van der Waals surface area contributed by atoms with Gasteiger partial charge in [0.1, 0.15) is 11.5 Å². The van der Waals surface area contributed by atoms with Gasteiger partial charge in [0.05, 0.1) is 14.2 Å². The molecule has 1 aliphatic carbocycles. The molecule has 2 heteroatoms. The fourth-order valence-electron chi connectivity index (χ4n) is 2.37. The van der Waals surface area contributed by atoms with Crippen molar-refractivity contribution in [1.82, 2.24) is 0 Å². The highest BCUT2D eigenvalue weighted by Gasteiger charge is 2.21. The van der Waals surface area contributed by atoms with Crippen LogP contribution in [-0.4, -0.2) is 14.2 Å². The third-order valence-corrected chi connectivity index (χ3v) is 3.22. The molecule has 1 aliphatic rings. The summed E-state index contributed by atoms with van der Waals surface area (Å²) in [5.41, 5.74) is 2.69. The van der Waals surface area contributed by atoms with Crippen LogP contribution in [0.3, 0.4) is 0 Å². The second-order valence-electron chi connectivity index (χ2n) is 4.28. The molecule has 1 aromatic rings. The maximum Gasteiger partial charge on any atom is 0.122 e. The van der Waals surface area contributed by atoms with E-state index in [1.54, 1.807) is 14.2 Å². The fraction of sp³-hybridized carbons (Fsp3) is 0.600. The van der Waals surface area contributed by atoms with Gasteiger partial charge in [0.15, 0.2) is 0 Å². The molecular weight excluding hydrogens is 212 g/mol. The van der Waals surface area contributed by atoms with E-state index in [4.69, 9.17) is 9.47 Å². The molecule has 0 heterocycles. The standard InChI is InChI=1S/C13H18O2.C2H6/c1-9-4-5-10-11(8-9)13(15-3)7-6-12(10)14-2;1-2/h6-7,9H,4-5,8H2,1-3H3;1-2H3. The molecule has 96 valence electrons. The van der Waals surface area contributed by atoms with E-state index in [2.05, 4.69) is 6.92 Å². The molecule has 0 aliphatic heterocycles. The topological polar surface area (TPSA) is 18.5 Å². The zero-order valence-corrected chi connectivity index (χ0v) is 11.7. The Morgan fingerprint density at radius 1 is 1.00 bits per heavy atom. The molecule has 1 aromatic carbocycles. The van der Waals surface area contributed by atoms with E-state index in [0.717, 1.165) is 30.3 Å². The Morgan fingerprint density at radius 2 is 1.53 bits per heavy atom. The highest BCUT2D eigenvalue weighted by atomic mass is 16.5. The van der Waals surface area contributed by atoms with Crippen molar-refractivity contribution in [2.24, 2.45) is 5.92 Å². The van der Waals surface area contributed by atoms with Crippen molar-refractivity contribution in [3.63, 3.8) is 0 Å². The summed E-state index contributed by atoms with van der Waals surface area (Å²) in [6, 6.07) is 4.02. The van der Waals surface area contributed by atoms with Crippen LogP contribution in [0.4, 0.5) is 0 Å². The van der Waals surface area contributed by atoms with Gasteiger partial charge in [-0.15, -0.1) is 0 Å². The maximum atomic E-state index is 5.40. The average molecular weight is 236 g/mol. The van der Waals surface area contributed by atoms with Crippen molar-refractivity contribution in [3.05, 3.63) is 23.3 Å². The predicted octanol–water partition coefficient (Wildman–Crippen LogP) is 3.85. The first-order chi connectivity index (χ1) is 8.26. The molecule has 0 amide bonds. The summed E-state index contributed by atoms with van der Waals surface area (Å²) in [4.78, 5) is 0. The van der Waals surface area contributed by atoms with Crippen molar-refractivity contribution in [2.45, 2.75) is 40.0 Å². The van der Waals surface area contributed by atoms with Crippen molar-refractivity contribution in [1.29, 1.82) is 0 Å². The Labute approximate surface area is 105 Å². The molecule has 2 nitrogen and oxygen atoms in total. The summed E-state index contributed by atoms with van der Waals surface area (Å²) >= 11 is 0. The van der Waals surface area contributed by atoms with E-state index in [1.165, 1.54) is 17.5 Å². The molecule has 0 N–H and O–H groups in total. The molecule has 1 unspecified atom stereocenters. The van der Waals surface area contributed by atoms with Crippen LogP contribution in [0.25, 0.3) is 0 Å². The van der Waals surface area contributed by atoms with Crippen LogP contribution in [0.2, 0.25) is 0 Å². The Kier molecular flexibility index (Phi) is 5.33. The normalized spacial score (nSPS) is 17.6. The van der Waals surface area contributed by atoms with E-state index < -0.39 is 0 Å². The molecule has 0 spiro atoms. The van der Waals surface area contributed by atoms with Crippen LogP contribution in [-0.2, 0) is 12.8 Å². The van der Waals surface area contributed by atoms with Crippen molar-refractivity contribution in [3.8, 4) is 11.5 Å². The van der Waals surface area contributed by atoms with Crippen molar-refractivity contribution < 1.29 is 9.47 Å². The second kappa shape index (κ2) is 6.53. The monoisotopic (exact) mass is 236 g/mol. The largest absolute Gasteiger partial charge is 0.496 e. The summed E-state index contributed by atoms with van der Waals surface area (Å²) in [7, 11) is 3.47. The Bertz CT molecular complexity index is 358. The van der Waals surface area contributed by atoms with E-state index in [-0.39, 0.29) is 0 Å². The Hall–Kier alpha value is -1.18. The summed E-state index contributed by atoms with van der Waals surface area (Å²) < 4.78 is 10.8. The zero-order valence-electron chi connectivity index (χ0n) is 11.7. The second-order valence-corrected chi connectivity index (χ2v) is 4.28. The van der Waals surface area contributed by atoms with Gasteiger partial charge < -0.3 is 9.47 Å². The predicted molar refractivity (Wildman–Crippen MR) is 72.1 cm³/mol. The molecule has 0 saturated carbocycles. The van der Waals surface area contributed by atoms with Gasteiger partial charge in [0, 0.05) is 11.1 Å². The number of ether oxygens (including phenoxy) is 2. The molecule has 0 aromatic heterocycles. The first-order valence-corrected chi connectivity index (χ1v) is 6.49. The van der Waals surface area contributed by atoms with Crippen LogP contribution in [0.1, 0.15) is 38.3 Å². The van der Waals surface area contributed by atoms with Gasteiger partial charge in [0.25, 0.3) is 0 Å². The Balaban J connectivity index is 0.000000686. The van der Waals surface area contributed by atoms with Crippen LogP contribution in [0, 0.1) is 5.92 Å². The van der Waals surface area contributed by atoms with Gasteiger partial charge >= 0.3 is 0 Å². The molecule has 17 heavy (non-hydrogen) atoms.